The van der Waals surface area contributed by atoms with E-state index in [1.807, 2.05) is 13.8 Å². The highest BCUT2D eigenvalue weighted by atomic mass is 16.2. The van der Waals surface area contributed by atoms with Gasteiger partial charge in [-0.3, -0.25) is 14.5 Å². The van der Waals surface area contributed by atoms with E-state index in [1.54, 1.807) is 4.90 Å². The van der Waals surface area contributed by atoms with Crippen molar-refractivity contribution in [2.45, 2.75) is 64.7 Å². The second kappa shape index (κ2) is 6.71. The summed E-state index contributed by atoms with van der Waals surface area (Å²) >= 11 is 0. The van der Waals surface area contributed by atoms with Crippen molar-refractivity contribution in [2.75, 3.05) is 6.54 Å². The van der Waals surface area contributed by atoms with Crippen LogP contribution in [0.5, 0.6) is 0 Å². The SMILES string of the molecule is CC1C(=O)N(CC2CC3CC2CC32CCC(c3ccccc3)CC2)C(=O)C1C. The number of hydrogen-bond donors (Lipinski definition) is 0. The first kappa shape index (κ1) is 18.4. The van der Waals surface area contributed by atoms with Gasteiger partial charge in [-0.05, 0) is 79.6 Å². The quantitative estimate of drug-likeness (QED) is 0.692. The molecule has 150 valence electrons. The molecule has 1 aromatic carbocycles. The molecule has 2 amide bonds. The van der Waals surface area contributed by atoms with Crippen LogP contribution in [-0.4, -0.2) is 23.3 Å². The van der Waals surface area contributed by atoms with Crippen LogP contribution < -0.4 is 0 Å². The van der Waals surface area contributed by atoms with Gasteiger partial charge in [-0.1, -0.05) is 44.2 Å². The summed E-state index contributed by atoms with van der Waals surface area (Å²) in [4.78, 5) is 26.6. The Balaban J connectivity index is 1.21. The highest BCUT2D eigenvalue weighted by Gasteiger charge is 2.56. The minimum atomic E-state index is -0.134. The van der Waals surface area contributed by atoms with E-state index >= 15 is 0 Å². The van der Waals surface area contributed by atoms with Crippen molar-refractivity contribution in [3.05, 3.63) is 35.9 Å². The monoisotopic (exact) mass is 379 g/mol. The van der Waals surface area contributed by atoms with Gasteiger partial charge in [0.1, 0.15) is 0 Å². The molecule has 3 heteroatoms. The van der Waals surface area contributed by atoms with Crippen LogP contribution >= 0.6 is 0 Å². The van der Waals surface area contributed by atoms with Crippen molar-refractivity contribution in [3.8, 4) is 0 Å². The van der Waals surface area contributed by atoms with Crippen molar-refractivity contribution >= 4 is 11.8 Å². The van der Waals surface area contributed by atoms with E-state index in [0.717, 1.165) is 17.8 Å². The van der Waals surface area contributed by atoms with Crippen LogP contribution in [0.3, 0.4) is 0 Å². The lowest BCUT2D eigenvalue weighted by molar-refractivity contribution is -0.141. The average molecular weight is 380 g/mol. The molecule has 1 aliphatic heterocycles. The zero-order valence-electron chi connectivity index (χ0n) is 17.3. The highest BCUT2D eigenvalue weighted by molar-refractivity contribution is 6.04. The van der Waals surface area contributed by atoms with Gasteiger partial charge in [0.25, 0.3) is 0 Å². The molecule has 5 atom stereocenters. The largest absolute Gasteiger partial charge is 0.282 e. The molecule has 3 saturated carbocycles. The number of imide groups is 1. The summed E-state index contributed by atoms with van der Waals surface area (Å²) in [5, 5.41) is 0. The van der Waals surface area contributed by atoms with E-state index in [0.29, 0.717) is 17.9 Å². The topological polar surface area (TPSA) is 37.4 Å². The van der Waals surface area contributed by atoms with Gasteiger partial charge in [0.2, 0.25) is 11.8 Å². The first-order chi connectivity index (χ1) is 13.5. The molecule has 28 heavy (non-hydrogen) atoms. The molecule has 1 heterocycles. The summed E-state index contributed by atoms with van der Waals surface area (Å²) in [5.41, 5.74) is 2.08. The number of amides is 2. The van der Waals surface area contributed by atoms with Crippen LogP contribution in [0.1, 0.15) is 70.3 Å². The fourth-order valence-corrected chi connectivity index (χ4v) is 7.18. The van der Waals surface area contributed by atoms with Gasteiger partial charge in [-0.25, -0.2) is 0 Å². The van der Waals surface area contributed by atoms with E-state index in [-0.39, 0.29) is 23.7 Å². The van der Waals surface area contributed by atoms with Gasteiger partial charge < -0.3 is 0 Å². The molecule has 1 aromatic rings. The lowest BCUT2D eigenvalue weighted by Crippen LogP contribution is -2.40. The van der Waals surface area contributed by atoms with Crippen molar-refractivity contribution in [1.29, 1.82) is 0 Å². The van der Waals surface area contributed by atoms with Crippen LogP contribution in [0.15, 0.2) is 30.3 Å². The lowest BCUT2D eigenvalue weighted by atomic mass is 9.60. The lowest BCUT2D eigenvalue weighted by Gasteiger charge is -2.45. The number of fused-ring (bicyclic) bond motifs is 3. The summed E-state index contributed by atoms with van der Waals surface area (Å²) in [6.07, 6.45) is 9.31. The minimum Gasteiger partial charge on any atom is -0.282 e. The van der Waals surface area contributed by atoms with E-state index in [9.17, 15) is 9.59 Å². The maximum Gasteiger partial charge on any atom is 0.232 e. The van der Waals surface area contributed by atoms with Gasteiger partial charge in [-0.2, -0.15) is 0 Å². The van der Waals surface area contributed by atoms with Crippen LogP contribution in [0.2, 0.25) is 0 Å². The second-order valence-corrected chi connectivity index (χ2v) is 10.3. The van der Waals surface area contributed by atoms with E-state index < -0.39 is 0 Å². The summed E-state index contributed by atoms with van der Waals surface area (Å²) in [6.45, 7) is 4.51. The van der Waals surface area contributed by atoms with Crippen LogP contribution in [-0.2, 0) is 9.59 Å². The number of benzene rings is 1. The molecule has 1 spiro atoms. The molecular weight excluding hydrogens is 346 g/mol. The van der Waals surface area contributed by atoms with Gasteiger partial charge in [0.05, 0.1) is 0 Å². The van der Waals surface area contributed by atoms with Gasteiger partial charge >= 0.3 is 0 Å². The Hall–Kier alpha value is -1.64. The normalized spacial score (nSPS) is 42.7. The third kappa shape index (κ3) is 2.76. The zero-order valence-corrected chi connectivity index (χ0v) is 17.3. The zero-order chi connectivity index (χ0) is 19.5. The first-order valence-electron chi connectivity index (χ1n) is 11.4. The molecule has 4 fully saturated rings. The summed E-state index contributed by atoms with van der Waals surface area (Å²) in [7, 11) is 0. The van der Waals surface area contributed by atoms with Crippen molar-refractivity contribution < 1.29 is 9.59 Å². The number of rotatable bonds is 3. The molecule has 1 saturated heterocycles. The first-order valence-corrected chi connectivity index (χ1v) is 11.4. The standard InChI is InChI=1S/C25H33NO2/c1-16-17(2)24(28)26(23(16)27)15-21-13-22-12-20(21)14-25(22)10-8-19(9-11-25)18-6-4-3-5-7-18/h3-7,16-17,19-22H,8-15H2,1-2H3. The fraction of sp³-hybridized carbons (Fsp3) is 0.680. The predicted octanol–water partition coefficient (Wildman–Crippen LogP) is 5.02. The molecule has 5 rings (SSSR count). The average Bonchev–Trinajstić information content (AvgIpc) is 3.33. The van der Waals surface area contributed by atoms with Crippen LogP contribution in [0.4, 0.5) is 0 Å². The minimum absolute atomic E-state index is 0.0679. The summed E-state index contributed by atoms with van der Waals surface area (Å²) < 4.78 is 0. The van der Waals surface area contributed by atoms with E-state index in [2.05, 4.69) is 30.3 Å². The van der Waals surface area contributed by atoms with Crippen molar-refractivity contribution in [3.63, 3.8) is 0 Å². The second-order valence-electron chi connectivity index (χ2n) is 10.3. The number of likely N-dealkylation sites (tertiary alicyclic amines) is 1. The Morgan fingerprint density at radius 2 is 1.61 bits per heavy atom. The molecule has 0 aromatic heterocycles. The van der Waals surface area contributed by atoms with E-state index in [4.69, 9.17) is 0 Å². The number of nitrogens with zero attached hydrogens (tertiary/aromatic N) is 1. The molecular formula is C25H33NO2. The highest BCUT2D eigenvalue weighted by Crippen LogP contribution is 2.64. The van der Waals surface area contributed by atoms with Gasteiger partial charge in [0, 0.05) is 18.4 Å². The molecule has 3 aliphatic carbocycles. The number of carbonyl (C=O) groups is 2. The Morgan fingerprint density at radius 3 is 2.18 bits per heavy atom. The smallest absolute Gasteiger partial charge is 0.232 e. The van der Waals surface area contributed by atoms with Crippen molar-refractivity contribution in [2.24, 2.45) is 35.0 Å². The Morgan fingerprint density at radius 1 is 0.964 bits per heavy atom. The third-order valence-corrected chi connectivity index (χ3v) is 9.11. The van der Waals surface area contributed by atoms with E-state index in [1.165, 1.54) is 50.5 Å². The number of hydrogen-bond acceptors (Lipinski definition) is 2. The molecule has 2 bridgehead atoms. The third-order valence-electron chi connectivity index (χ3n) is 9.11. The van der Waals surface area contributed by atoms with Crippen molar-refractivity contribution in [1.82, 2.24) is 4.90 Å². The molecule has 5 unspecified atom stereocenters. The van der Waals surface area contributed by atoms with Gasteiger partial charge in [-0.15, -0.1) is 0 Å². The molecule has 4 aliphatic rings. The molecule has 3 nitrogen and oxygen atoms in total. The Labute approximate surface area is 168 Å². The maximum atomic E-state index is 12.5. The summed E-state index contributed by atoms with van der Waals surface area (Å²) in [5.74, 6) is 2.71. The predicted molar refractivity (Wildman–Crippen MR) is 109 cm³/mol. The Bertz CT molecular complexity index is 744. The molecule has 0 radical (unpaired) electrons. The maximum absolute atomic E-state index is 12.5. The Kier molecular flexibility index (Phi) is 4.41. The van der Waals surface area contributed by atoms with Crippen LogP contribution in [0, 0.1) is 35.0 Å². The van der Waals surface area contributed by atoms with Gasteiger partial charge in [0.15, 0.2) is 0 Å². The number of carbonyl (C=O) groups excluding carboxylic acids is 2. The molecule has 0 N–H and O–H groups in total. The van der Waals surface area contributed by atoms with Crippen LogP contribution in [0.25, 0.3) is 0 Å². The fourth-order valence-electron chi connectivity index (χ4n) is 7.18. The summed E-state index contributed by atoms with van der Waals surface area (Å²) in [6, 6.07) is 11.0.